The number of carbonyl (C=O) groups excluding carboxylic acids is 1. The van der Waals surface area contributed by atoms with Crippen molar-refractivity contribution in [1.82, 2.24) is 4.98 Å². The minimum Gasteiger partial charge on any atom is -0.451 e. The molecule has 2 aromatic heterocycles. The first-order chi connectivity index (χ1) is 13.5. The zero-order valence-electron chi connectivity index (χ0n) is 14.6. The number of aromatic nitrogens is 1. The predicted octanol–water partition coefficient (Wildman–Crippen LogP) is 5.72. The van der Waals surface area contributed by atoms with E-state index in [1.165, 1.54) is 17.4 Å². The Bertz CT molecular complexity index is 1150. The maximum atomic E-state index is 12.6. The number of para-hydroxylation sites is 1. The molecule has 0 spiro atoms. The molecule has 1 amide bonds. The van der Waals surface area contributed by atoms with Gasteiger partial charge in [0.05, 0.1) is 5.69 Å². The van der Waals surface area contributed by atoms with E-state index < -0.39 is 12.5 Å². The number of hydrogen-bond acceptors (Lipinski definition) is 5. The number of halogens is 2. The lowest BCUT2D eigenvalue weighted by atomic mass is 10.1. The van der Waals surface area contributed by atoms with Gasteiger partial charge in [-0.05, 0) is 37.3 Å². The van der Waals surface area contributed by atoms with Crippen LogP contribution in [0.4, 0.5) is 13.9 Å². The summed E-state index contributed by atoms with van der Waals surface area (Å²) in [7, 11) is 0. The Hall–Kier alpha value is -3.26. The van der Waals surface area contributed by atoms with Crippen LogP contribution in [0.3, 0.4) is 0 Å². The fourth-order valence-electron chi connectivity index (χ4n) is 2.77. The fraction of sp³-hybridized carbons (Fsp3) is 0.100. The van der Waals surface area contributed by atoms with E-state index in [1.54, 1.807) is 29.6 Å². The summed E-state index contributed by atoms with van der Waals surface area (Å²) in [4.78, 5) is 16.8. The highest BCUT2D eigenvalue weighted by Crippen LogP contribution is 2.33. The molecular formula is C20H14F2N2O3S. The number of ether oxygens (including phenoxy) is 1. The van der Waals surface area contributed by atoms with Gasteiger partial charge in [-0.25, -0.2) is 4.98 Å². The first-order valence-electron chi connectivity index (χ1n) is 8.31. The second-order valence-corrected chi connectivity index (χ2v) is 6.88. The number of nitrogens with one attached hydrogen (secondary N) is 1. The highest BCUT2D eigenvalue weighted by molar-refractivity contribution is 7.14. The van der Waals surface area contributed by atoms with Gasteiger partial charge in [0.25, 0.3) is 5.91 Å². The number of anilines is 1. The number of hydrogen-bond donors (Lipinski definition) is 1. The molecule has 8 heteroatoms. The number of furan rings is 1. The van der Waals surface area contributed by atoms with Gasteiger partial charge in [0.2, 0.25) is 0 Å². The van der Waals surface area contributed by atoms with Crippen molar-refractivity contribution >= 4 is 33.3 Å². The van der Waals surface area contributed by atoms with E-state index >= 15 is 0 Å². The third kappa shape index (κ3) is 3.72. The van der Waals surface area contributed by atoms with Gasteiger partial charge in [-0.15, -0.1) is 11.3 Å². The molecule has 0 saturated heterocycles. The SMILES string of the molecule is Cc1ccc2oc(C(=O)Nc3nc(-c4ccccc4OC(F)F)cs3)cc2c1. The van der Waals surface area contributed by atoms with Gasteiger partial charge < -0.3 is 9.15 Å². The van der Waals surface area contributed by atoms with E-state index in [9.17, 15) is 13.6 Å². The number of aryl methyl sites for hydroxylation is 1. The largest absolute Gasteiger partial charge is 0.451 e. The average molecular weight is 400 g/mol. The van der Waals surface area contributed by atoms with Crippen LogP contribution in [-0.4, -0.2) is 17.5 Å². The van der Waals surface area contributed by atoms with Crippen LogP contribution >= 0.6 is 11.3 Å². The molecule has 1 N–H and O–H groups in total. The lowest BCUT2D eigenvalue weighted by Crippen LogP contribution is -2.10. The zero-order chi connectivity index (χ0) is 19.7. The Morgan fingerprint density at radius 2 is 2.04 bits per heavy atom. The lowest BCUT2D eigenvalue weighted by Gasteiger charge is -2.08. The van der Waals surface area contributed by atoms with E-state index in [-0.39, 0.29) is 11.5 Å². The van der Waals surface area contributed by atoms with Gasteiger partial charge in [-0.3, -0.25) is 10.1 Å². The smallest absolute Gasteiger partial charge is 0.387 e. The van der Waals surface area contributed by atoms with Crippen LogP contribution in [0.25, 0.3) is 22.2 Å². The third-order valence-corrected chi connectivity index (χ3v) is 4.76. The van der Waals surface area contributed by atoms with Crippen molar-refractivity contribution in [3.05, 3.63) is 65.2 Å². The van der Waals surface area contributed by atoms with Gasteiger partial charge in [0, 0.05) is 16.3 Å². The van der Waals surface area contributed by atoms with E-state index in [0.717, 1.165) is 10.9 Å². The Kier molecular flexibility index (Phi) is 4.79. The van der Waals surface area contributed by atoms with Crippen LogP contribution in [0.15, 0.2) is 58.3 Å². The molecule has 5 nitrogen and oxygen atoms in total. The summed E-state index contributed by atoms with van der Waals surface area (Å²) in [5.41, 5.74) is 2.53. The van der Waals surface area contributed by atoms with Crippen molar-refractivity contribution in [1.29, 1.82) is 0 Å². The van der Waals surface area contributed by atoms with Crippen LogP contribution in [0.2, 0.25) is 0 Å². The minimum atomic E-state index is -2.93. The predicted molar refractivity (Wildman–Crippen MR) is 103 cm³/mol. The van der Waals surface area contributed by atoms with E-state index in [0.29, 0.717) is 22.0 Å². The number of nitrogens with zero attached hydrogens (tertiary/aromatic N) is 1. The van der Waals surface area contributed by atoms with E-state index in [2.05, 4.69) is 15.0 Å². The molecule has 2 aromatic carbocycles. The standard InChI is InChI=1S/C20H14F2N2O3S/c1-11-6-7-15-12(8-11)9-17(26-15)18(25)24-20-23-14(10-28-20)13-4-2-3-5-16(13)27-19(21)22/h2-10,19H,1H3,(H,23,24,25). The van der Waals surface area contributed by atoms with Crippen LogP contribution in [0.5, 0.6) is 5.75 Å². The zero-order valence-corrected chi connectivity index (χ0v) is 15.4. The van der Waals surface area contributed by atoms with E-state index in [4.69, 9.17) is 4.42 Å². The summed E-state index contributed by atoms with van der Waals surface area (Å²) >= 11 is 1.18. The molecule has 0 unspecified atom stereocenters. The molecule has 0 fully saturated rings. The molecule has 0 bridgehead atoms. The van der Waals surface area contributed by atoms with Crippen LogP contribution < -0.4 is 10.1 Å². The molecule has 4 aromatic rings. The number of carbonyl (C=O) groups is 1. The van der Waals surface area contributed by atoms with Crippen LogP contribution in [0.1, 0.15) is 16.1 Å². The summed E-state index contributed by atoms with van der Waals surface area (Å²) < 4.78 is 35.3. The second-order valence-electron chi connectivity index (χ2n) is 6.02. The van der Waals surface area contributed by atoms with Crippen LogP contribution in [0, 0.1) is 6.92 Å². The van der Waals surface area contributed by atoms with Gasteiger partial charge >= 0.3 is 6.61 Å². The molecule has 0 saturated carbocycles. The molecule has 0 aliphatic rings. The van der Waals surface area contributed by atoms with Gasteiger partial charge in [0.15, 0.2) is 10.9 Å². The molecule has 4 rings (SSSR count). The maximum absolute atomic E-state index is 12.6. The summed E-state index contributed by atoms with van der Waals surface area (Å²) in [5.74, 6) is -0.251. The highest BCUT2D eigenvalue weighted by atomic mass is 32.1. The second kappa shape index (κ2) is 7.40. The van der Waals surface area contributed by atoms with Crippen molar-refractivity contribution in [3.63, 3.8) is 0 Å². The molecule has 142 valence electrons. The molecule has 0 radical (unpaired) electrons. The Labute approximate surface area is 162 Å². The first kappa shape index (κ1) is 18.1. The number of amides is 1. The van der Waals surface area contributed by atoms with Crippen molar-refractivity contribution in [2.75, 3.05) is 5.32 Å². The fourth-order valence-corrected chi connectivity index (χ4v) is 3.47. The number of benzene rings is 2. The summed E-state index contributed by atoms with van der Waals surface area (Å²) in [5, 5.41) is 5.49. The molecular weight excluding hydrogens is 386 g/mol. The first-order valence-corrected chi connectivity index (χ1v) is 9.19. The Morgan fingerprint density at radius 1 is 1.21 bits per heavy atom. The summed E-state index contributed by atoms with van der Waals surface area (Å²) in [6, 6.07) is 13.7. The number of rotatable bonds is 5. The van der Waals surface area contributed by atoms with Crippen molar-refractivity contribution < 1.29 is 22.7 Å². The third-order valence-electron chi connectivity index (χ3n) is 4.00. The summed E-state index contributed by atoms with van der Waals surface area (Å²) in [6.07, 6.45) is 0. The van der Waals surface area contributed by atoms with Gasteiger partial charge in [-0.1, -0.05) is 23.8 Å². The quantitative estimate of drug-likeness (QED) is 0.465. The monoisotopic (exact) mass is 400 g/mol. The van der Waals surface area contributed by atoms with E-state index in [1.807, 2.05) is 25.1 Å². The van der Waals surface area contributed by atoms with Crippen molar-refractivity contribution in [2.24, 2.45) is 0 Å². The molecule has 28 heavy (non-hydrogen) atoms. The molecule has 0 atom stereocenters. The number of thiazole rings is 1. The summed E-state index contributed by atoms with van der Waals surface area (Å²) in [6.45, 7) is -0.977. The molecule has 0 aliphatic carbocycles. The molecule has 2 heterocycles. The molecule has 0 aliphatic heterocycles. The number of fused-ring (bicyclic) bond motifs is 1. The Balaban J connectivity index is 1.55. The number of alkyl halides is 2. The van der Waals surface area contributed by atoms with Crippen molar-refractivity contribution in [2.45, 2.75) is 13.5 Å². The van der Waals surface area contributed by atoms with Crippen LogP contribution in [-0.2, 0) is 0 Å². The van der Waals surface area contributed by atoms with Gasteiger partial charge in [0.1, 0.15) is 11.3 Å². The maximum Gasteiger partial charge on any atom is 0.387 e. The van der Waals surface area contributed by atoms with Gasteiger partial charge in [-0.2, -0.15) is 8.78 Å². The normalized spacial score (nSPS) is 11.1. The minimum absolute atomic E-state index is 0.0216. The lowest BCUT2D eigenvalue weighted by molar-refractivity contribution is -0.0494. The topological polar surface area (TPSA) is 64.4 Å². The highest BCUT2D eigenvalue weighted by Gasteiger charge is 2.17. The Morgan fingerprint density at radius 3 is 2.86 bits per heavy atom. The average Bonchev–Trinajstić information content (AvgIpc) is 3.28. The van der Waals surface area contributed by atoms with Crippen molar-refractivity contribution in [3.8, 4) is 17.0 Å².